The zero-order valence-electron chi connectivity index (χ0n) is 7.47. The van der Waals surface area contributed by atoms with Crippen LogP contribution in [0.3, 0.4) is 0 Å². The lowest BCUT2D eigenvalue weighted by atomic mass is 10.1. The van der Waals surface area contributed by atoms with E-state index in [9.17, 15) is 4.79 Å². The topological polar surface area (TPSA) is 93.2 Å². The van der Waals surface area contributed by atoms with Crippen molar-refractivity contribution < 1.29 is 4.79 Å². The summed E-state index contributed by atoms with van der Waals surface area (Å²) < 4.78 is 0. The molecule has 5 nitrogen and oxygen atoms in total. The lowest BCUT2D eigenvalue weighted by Gasteiger charge is -2.11. The third kappa shape index (κ3) is 5.20. The second-order valence-corrected chi connectivity index (χ2v) is 2.78. The summed E-state index contributed by atoms with van der Waals surface area (Å²) in [6.07, 6.45) is 2.67. The fraction of sp³-hybridized carbons (Fsp3) is 0.857. The number of hydrogen-bond donors (Lipinski definition) is 4. The van der Waals surface area contributed by atoms with Gasteiger partial charge in [0.25, 0.3) is 0 Å². The van der Waals surface area contributed by atoms with Gasteiger partial charge in [0.2, 0.25) is 0 Å². The normalized spacial score (nSPS) is 12.9. The van der Waals surface area contributed by atoms with E-state index < -0.39 is 0 Å². The summed E-state index contributed by atoms with van der Waals surface area (Å²) in [6.45, 7) is 2.31. The van der Waals surface area contributed by atoms with Crippen molar-refractivity contribution in [2.45, 2.75) is 32.2 Å². The van der Waals surface area contributed by atoms with Gasteiger partial charge in [-0.1, -0.05) is 6.42 Å². The highest BCUT2D eigenvalue weighted by atomic mass is 16.1. The van der Waals surface area contributed by atoms with Crippen molar-refractivity contribution in [3.05, 3.63) is 0 Å². The van der Waals surface area contributed by atoms with E-state index in [-0.39, 0.29) is 11.8 Å². The lowest BCUT2D eigenvalue weighted by Crippen LogP contribution is -2.40. The summed E-state index contributed by atoms with van der Waals surface area (Å²) in [5.74, 6) is 10.3. The fourth-order valence-corrected chi connectivity index (χ4v) is 0.979. The van der Waals surface area contributed by atoms with Crippen LogP contribution < -0.4 is 22.5 Å². The first kappa shape index (κ1) is 11.5. The maximum atomic E-state index is 10.9. The summed E-state index contributed by atoms with van der Waals surface area (Å²) in [6, 6.07) is -0.206. The number of rotatable bonds is 7. The second kappa shape index (κ2) is 7.17. The van der Waals surface area contributed by atoms with Crippen LogP contribution in [0.5, 0.6) is 0 Å². The first-order valence-electron chi connectivity index (χ1n) is 4.12. The molecule has 1 atom stereocenters. The predicted molar refractivity (Wildman–Crippen MR) is 47.8 cm³/mol. The highest BCUT2D eigenvalue weighted by Crippen LogP contribution is 2.00. The number of hydrazine groups is 2. The Morgan fingerprint density at radius 3 is 2.50 bits per heavy atom. The first-order valence-corrected chi connectivity index (χ1v) is 4.12. The number of ketones is 1. The molecule has 0 aliphatic heterocycles. The Kier molecular flexibility index (Phi) is 6.88. The zero-order valence-corrected chi connectivity index (χ0v) is 7.47. The quantitative estimate of drug-likeness (QED) is 0.227. The maximum Gasteiger partial charge on any atom is 0.148 e. The zero-order chi connectivity index (χ0) is 9.40. The summed E-state index contributed by atoms with van der Waals surface area (Å²) in [5, 5.41) is 0. The van der Waals surface area contributed by atoms with E-state index in [4.69, 9.17) is 11.7 Å². The SMILES string of the molecule is CC(=O)C(CCCCNN)NN. The van der Waals surface area contributed by atoms with Crippen molar-refractivity contribution in [2.75, 3.05) is 6.54 Å². The van der Waals surface area contributed by atoms with Crippen molar-refractivity contribution in [2.24, 2.45) is 11.7 Å². The van der Waals surface area contributed by atoms with Gasteiger partial charge >= 0.3 is 0 Å². The molecule has 0 rings (SSSR count). The van der Waals surface area contributed by atoms with Crippen LogP contribution in [0.2, 0.25) is 0 Å². The van der Waals surface area contributed by atoms with E-state index in [0.717, 1.165) is 25.8 Å². The lowest BCUT2D eigenvalue weighted by molar-refractivity contribution is -0.119. The summed E-state index contributed by atoms with van der Waals surface area (Å²) in [7, 11) is 0. The second-order valence-electron chi connectivity index (χ2n) is 2.78. The van der Waals surface area contributed by atoms with E-state index >= 15 is 0 Å². The molecule has 0 aromatic heterocycles. The summed E-state index contributed by atoms with van der Waals surface area (Å²) >= 11 is 0. The van der Waals surface area contributed by atoms with E-state index in [2.05, 4.69) is 10.9 Å². The summed E-state index contributed by atoms with van der Waals surface area (Å²) in [4.78, 5) is 10.9. The van der Waals surface area contributed by atoms with Gasteiger partial charge in [0, 0.05) is 6.54 Å². The van der Waals surface area contributed by atoms with E-state index in [1.165, 1.54) is 6.92 Å². The molecule has 0 amide bonds. The molecule has 0 spiro atoms. The number of nitrogens with two attached hydrogens (primary N) is 2. The number of carbonyl (C=O) groups excluding carboxylic acids is 1. The Bertz CT molecular complexity index is 129. The maximum absolute atomic E-state index is 10.9. The molecule has 0 aromatic rings. The van der Waals surface area contributed by atoms with E-state index in [1.807, 2.05) is 0 Å². The minimum absolute atomic E-state index is 0.0817. The molecule has 5 heteroatoms. The van der Waals surface area contributed by atoms with Gasteiger partial charge < -0.3 is 0 Å². The Balaban J connectivity index is 3.38. The standard InChI is InChI=1S/C7H18N4O/c1-6(12)7(11-9)4-2-3-5-10-8/h7,10-11H,2-5,8-9H2,1H3. The highest BCUT2D eigenvalue weighted by Gasteiger charge is 2.10. The largest absolute Gasteiger partial charge is 0.298 e. The van der Waals surface area contributed by atoms with Crippen molar-refractivity contribution in [1.29, 1.82) is 0 Å². The molecule has 0 radical (unpaired) electrons. The van der Waals surface area contributed by atoms with Gasteiger partial charge in [0.15, 0.2) is 0 Å². The molecule has 0 aliphatic rings. The minimum Gasteiger partial charge on any atom is -0.298 e. The Hall–Kier alpha value is -0.490. The van der Waals surface area contributed by atoms with Gasteiger partial charge in [-0.3, -0.25) is 21.9 Å². The molecule has 0 bridgehead atoms. The van der Waals surface area contributed by atoms with Crippen molar-refractivity contribution >= 4 is 5.78 Å². The van der Waals surface area contributed by atoms with Crippen LogP contribution >= 0.6 is 0 Å². The number of carbonyl (C=O) groups is 1. The Labute approximate surface area is 72.8 Å². The molecule has 12 heavy (non-hydrogen) atoms. The van der Waals surface area contributed by atoms with Crippen LogP contribution in [-0.2, 0) is 4.79 Å². The minimum atomic E-state index is -0.206. The number of unbranched alkanes of at least 4 members (excludes halogenated alkanes) is 1. The van der Waals surface area contributed by atoms with E-state index in [0.29, 0.717) is 0 Å². The van der Waals surface area contributed by atoms with Crippen molar-refractivity contribution in [3.63, 3.8) is 0 Å². The Morgan fingerprint density at radius 1 is 1.42 bits per heavy atom. The predicted octanol–water partition coefficient (Wildman–Crippen LogP) is -0.959. The van der Waals surface area contributed by atoms with Crippen LogP contribution in [0.4, 0.5) is 0 Å². The molecule has 0 saturated carbocycles. The average molecular weight is 174 g/mol. The van der Waals surface area contributed by atoms with Crippen molar-refractivity contribution in [1.82, 2.24) is 10.9 Å². The average Bonchev–Trinajstić information content (AvgIpc) is 2.04. The molecule has 0 saturated heterocycles. The van der Waals surface area contributed by atoms with Crippen LogP contribution in [0.1, 0.15) is 26.2 Å². The smallest absolute Gasteiger partial charge is 0.148 e. The van der Waals surface area contributed by atoms with Gasteiger partial charge in [0.1, 0.15) is 5.78 Å². The third-order valence-electron chi connectivity index (χ3n) is 1.76. The van der Waals surface area contributed by atoms with Gasteiger partial charge in [-0.15, -0.1) is 0 Å². The Morgan fingerprint density at radius 2 is 2.08 bits per heavy atom. The highest BCUT2D eigenvalue weighted by molar-refractivity contribution is 5.81. The molecule has 72 valence electrons. The molecule has 0 heterocycles. The number of hydrogen-bond acceptors (Lipinski definition) is 5. The van der Waals surface area contributed by atoms with Gasteiger partial charge in [-0.25, -0.2) is 5.43 Å². The molecule has 0 aliphatic carbocycles. The van der Waals surface area contributed by atoms with Crippen LogP contribution in [-0.4, -0.2) is 18.4 Å². The summed E-state index contributed by atoms with van der Waals surface area (Å²) in [5.41, 5.74) is 5.03. The van der Waals surface area contributed by atoms with Crippen LogP contribution in [0.15, 0.2) is 0 Å². The molecule has 0 fully saturated rings. The van der Waals surface area contributed by atoms with Crippen molar-refractivity contribution in [3.8, 4) is 0 Å². The monoisotopic (exact) mass is 174 g/mol. The van der Waals surface area contributed by atoms with Gasteiger partial charge in [0.05, 0.1) is 6.04 Å². The van der Waals surface area contributed by atoms with Crippen LogP contribution in [0.25, 0.3) is 0 Å². The fourth-order valence-electron chi connectivity index (χ4n) is 0.979. The van der Waals surface area contributed by atoms with Crippen LogP contribution in [0, 0.1) is 0 Å². The van der Waals surface area contributed by atoms with Gasteiger partial charge in [-0.05, 0) is 19.8 Å². The first-order chi connectivity index (χ1) is 5.72. The molecular weight excluding hydrogens is 156 g/mol. The van der Waals surface area contributed by atoms with Gasteiger partial charge in [-0.2, -0.15) is 0 Å². The molecule has 0 aromatic carbocycles. The molecule has 6 N–H and O–H groups in total. The number of nitrogens with one attached hydrogen (secondary N) is 2. The molecular formula is C7H18N4O. The third-order valence-corrected chi connectivity index (χ3v) is 1.76. The molecule has 1 unspecified atom stereocenters. The number of Topliss-reactive ketones (excluding diaryl/α,β-unsaturated/α-hetero) is 1. The van der Waals surface area contributed by atoms with E-state index in [1.54, 1.807) is 0 Å².